The van der Waals surface area contributed by atoms with Crippen LogP contribution in [0.3, 0.4) is 0 Å². The van der Waals surface area contributed by atoms with Gasteiger partial charge in [0.05, 0.1) is 5.56 Å². The molecule has 128 valence electrons. The molecule has 0 radical (unpaired) electrons. The predicted octanol–water partition coefficient (Wildman–Crippen LogP) is 3.82. The maximum atomic E-state index is 12.6. The van der Waals surface area contributed by atoms with Gasteiger partial charge in [0.25, 0.3) is 5.91 Å². The number of carbonyl (C=O) groups excluding carboxylic acids is 1. The Labute approximate surface area is 147 Å². The van der Waals surface area contributed by atoms with Crippen LogP contribution in [0.1, 0.15) is 33.6 Å². The quantitative estimate of drug-likeness (QED) is 0.866. The van der Waals surface area contributed by atoms with Crippen LogP contribution >= 0.6 is 11.3 Å². The molecule has 0 saturated heterocycles. The summed E-state index contributed by atoms with van der Waals surface area (Å²) >= 11 is 1.72. The summed E-state index contributed by atoms with van der Waals surface area (Å²) in [6.45, 7) is 1.49. The van der Waals surface area contributed by atoms with Crippen LogP contribution < -0.4 is 10.1 Å². The Morgan fingerprint density at radius 2 is 2.12 bits per heavy atom. The minimum absolute atomic E-state index is 0.0140. The number of likely N-dealkylation sites (N-methyl/N-ethyl adjacent to an activating group) is 1. The first-order valence-electron chi connectivity index (χ1n) is 8.41. The molecule has 3 rings (SSSR count). The Bertz CT molecular complexity index is 709. The summed E-state index contributed by atoms with van der Waals surface area (Å²) in [4.78, 5) is 16.1. The van der Waals surface area contributed by atoms with Crippen molar-refractivity contribution in [3.8, 4) is 5.75 Å². The average Bonchev–Trinajstić information content (AvgIpc) is 2.99. The molecule has 24 heavy (non-hydrogen) atoms. The number of thiophene rings is 1. The Hall–Kier alpha value is -1.85. The molecule has 0 atom stereocenters. The van der Waals surface area contributed by atoms with E-state index in [9.17, 15) is 4.79 Å². The first-order valence-corrected chi connectivity index (χ1v) is 9.29. The van der Waals surface area contributed by atoms with E-state index in [0.717, 1.165) is 36.4 Å². The smallest absolute Gasteiger partial charge is 0.256 e. The highest BCUT2D eigenvalue weighted by atomic mass is 32.1. The minimum Gasteiger partial charge on any atom is -0.492 e. The fraction of sp³-hybridized carbons (Fsp3) is 0.421. The molecular formula is C19H24N2O2S. The third kappa shape index (κ3) is 4.16. The highest BCUT2D eigenvalue weighted by Crippen LogP contribution is 2.30. The van der Waals surface area contributed by atoms with Crippen molar-refractivity contribution in [3.05, 3.63) is 45.6 Å². The Morgan fingerprint density at radius 1 is 1.29 bits per heavy atom. The average molecular weight is 344 g/mol. The fourth-order valence-electron chi connectivity index (χ4n) is 2.89. The summed E-state index contributed by atoms with van der Waals surface area (Å²) < 4.78 is 5.73. The van der Waals surface area contributed by atoms with Crippen molar-refractivity contribution in [1.29, 1.82) is 0 Å². The molecule has 1 aromatic heterocycles. The monoisotopic (exact) mass is 344 g/mol. The minimum atomic E-state index is -0.0140. The van der Waals surface area contributed by atoms with Crippen LogP contribution in [0.2, 0.25) is 0 Å². The Kier molecular flexibility index (Phi) is 5.53. The lowest BCUT2D eigenvalue weighted by molar-refractivity contribution is 0.102. The van der Waals surface area contributed by atoms with E-state index in [4.69, 9.17) is 4.74 Å². The first-order chi connectivity index (χ1) is 11.6. The van der Waals surface area contributed by atoms with E-state index in [-0.39, 0.29) is 5.91 Å². The first kappa shape index (κ1) is 17.0. The van der Waals surface area contributed by atoms with Gasteiger partial charge in [0.1, 0.15) is 12.4 Å². The van der Waals surface area contributed by atoms with Crippen LogP contribution in [0.4, 0.5) is 5.69 Å². The summed E-state index contributed by atoms with van der Waals surface area (Å²) in [5, 5.41) is 5.01. The van der Waals surface area contributed by atoms with Gasteiger partial charge >= 0.3 is 0 Å². The summed E-state index contributed by atoms with van der Waals surface area (Å²) in [6.07, 6.45) is 4.55. The number of ether oxygens (including phenoxy) is 1. The molecule has 1 amide bonds. The standard InChI is InChI=1S/C19H24N2O2S/c1-21(2)10-11-23-15-7-5-6-14(12-15)20-19(22)17-13-24-18-9-4-3-8-16(17)18/h5-7,12-13H,3-4,8-11H2,1-2H3,(H,20,22). The number of amides is 1. The second-order valence-electron chi connectivity index (χ2n) is 6.39. The van der Waals surface area contributed by atoms with Gasteiger partial charge < -0.3 is 15.0 Å². The zero-order valence-corrected chi connectivity index (χ0v) is 15.1. The Morgan fingerprint density at radius 3 is 2.96 bits per heavy atom. The van der Waals surface area contributed by atoms with Crippen molar-refractivity contribution in [2.45, 2.75) is 25.7 Å². The van der Waals surface area contributed by atoms with Gasteiger partial charge in [0.15, 0.2) is 0 Å². The molecule has 0 fully saturated rings. The van der Waals surface area contributed by atoms with E-state index < -0.39 is 0 Å². The topological polar surface area (TPSA) is 41.6 Å². The molecule has 2 aromatic rings. The van der Waals surface area contributed by atoms with Gasteiger partial charge in [-0.2, -0.15) is 0 Å². The summed E-state index contributed by atoms with van der Waals surface area (Å²) in [7, 11) is 4.03. The van der Waals surface area contributed by atoms with E-state index >= 15 is 0 Å². The number of carbonyl (C=O) groups is 1. The number of hydrogen-bond acceptors (Lipinski definition) is 4. The number of anilines is 1. The van der Waals surface area contributed by atoms with Crippen LogP contribution in [0.5, 0.6) is 5.75 Å². The summed E-state index contributed by atoms with van der Waals surface area (Å²) in [5.74, 6) is 0.766. The third-order valence-electron chi connectivity index (χ3n) is 4.21. The van der Waals surface area contributed by atoms with Crippen molar-refractivity contribution in [2.24, 2.45) is 0 Å². The van der Waals surface area contributed by atoms with Gasteiger partial charge in [-0.15, -0.1) is 11.3 Å². The summed E-state index contributed by atoms with van der Waals surface area (Å²) in [5.41, 5.74) is 2.87. The number of fused-ring (bicyclic) bond motifs is 1. The number of hydrogen-bond donors (Lipinski definition) is 1. The normalized spacial score (nSPS) is 13.6. The summed E-state index contributed by atoms with van der Waals surface area (Å²) in [6, 6.07) is 7.60. The highest BCUT2D eigenvalue weighted by molar-refractivity contribution is 7.10. The molecule has 0 bridgehead atoms. The second-order valence-corrected chi connectivity index (χ2v) is 7.36. The number of aryl methyl sites for hydroxylation is 1. The molecule has 5 heteroatoms. The van der Waals surface area contributed by atoms with Gasteiger partial charge in [-0.1, -0.05) is 6.07 Å². The van der Waals surface area contributed by atoms with Crippen molar-refractivity contribution < 1.29 is 9.53 Å². The second kappa shape index (κ2) is 7.81. The van der Waals surface area contributed by atoms with Gasteiger partial charge in [-0.05, 0) is 57.5 Å². The van der Waals surface area contributed by atoms with Gasteiger partial charge in [-0.25, -0.2) is 0 Å². The highest BCUT2D eigenvalue weighted by Gasteiger charge is 2.20. The van der Waals surface area contributed by atoms with Crippen LogP contribution in [-0.2, 0) is 12.8 Å². The van der Waals surface area contributed by atoms with Gasteiger partial charge in [-0.3, -0.25) is 4.79 Å². The van der Waals surface area contributed by atoms with E-state index in [1.54, 1.807) is 11.3 Å². The van der Waals surface area contributed by atoms with Crippen molar-refractivity contribution in [2.75, 3.05) is 32.6 Å². The zero-order valence-electron chi connectivity index (χ0n) is 14.3. The van der Waals surface area contributed by atoms with Crippen LogP contribution in [-0.4, -0.2) is 38.1 Å². The number of nitrogens with zero attached hydrogens (tertiary/aromatic N) is 1. The third-order valence-corrected chi connectivity index (χ3v) is 5.29. The van der Waals surface area contributed by atoms with E-state index in [1.165, 1.54) is 23.3 Å². The van der Waals surface area contributed by atoms with E-state index in [0.29, 0.717) is 6.61 Å². The molecule has 4 nitrogen and oxygen atoms in total. The fourth-order valence-corrected chi connectivity index (χ4v) is 4.02. The van der Waals surface area contributed by atoms with Gasteiger partial charge in [0, 0.05) is 28.6 Å². The molecule has 0 unspecified atom stereocenters. The number of rotatable bonds is 6. The molecule has 1 aromatic carbocycles. The van der Waals surface area contributed by atoms with Crippen molar-refractivity contribution >= 4 is 22.9 Å². The zero-order chi connectivity index (χ0) is 16.9. The lowest BCUT2D eigenvalue weighted by atomic mass is 9.95. The molecule has 0 spiro atoms. The number of benzene rings is 1. The molecule has 1 aliphatic carbocycles. The van der Waals surface area contributed by atoms with E-state index in [1.807, 2.05) is 43.7 Å². The molecule has 1 aliphatic rings. The van der Waals surface area contributed by atoms with Crippen LogP contribution in [0.15, 0.2) is 29.6 Å². The van der Waals surface area contributed by atoms with Gasteiger partial charge in [0.2, 0.25) is 0 Å². The lowest BCUT2D eigenvalue weighted by Gasteiger charge is -2.14. The number of nitrogens with one attached hydrogen (secondary N) is 1. The van der Waals surface area contributed by atoms with Crippen molar-refractivity contribution in [3.63, 3.8) is 0 Å². The van der Waals surface area contributed by atoms with Crippen LogP contribution in [0.25, 0.3) is 0 Å². The van der Waals surface area contributed by atoms with E-state index in [2.05, 4.69) is 10.2 Å². The molecule has 1 N–H and O–H groups in total. The molecular weight excluding hydrogens is 320 g/mol. The Balaban J connectivity index is 1.65. The van der Waals surface area contributed by atoms with Crippen LogP contribution in [0, 0.1) is 0 Å². The predicted molar refractivity (Wildman–Crippen MR) is 99.4 cm³/mol. The lowest BCUT2D eigenvalue weighted by Crippen LogP contribution is -2.19. The molecule has 1 heterocycles. The molecule has 0 saturated carbocycles. The SMILES string of the molecule is CN(C)CCOc1cccc(NC(=O)c2csc3c2CCCC3)c1. The molecule has 0 aliphatic heterocycles. The largest absolute Gasteiger partial charge is 0.492 e. The maximum absolute atomic E-state index is 12.6. The maximum Gasteiger partial charge on any atom is 0.256 e. The van der Waals surface area contributed by atoms with Crippen molar-refractivity contribution in [1.82, 2.24) is 4.90 Å².